The Morgan fingerprint density at radius 3 is 1.92 bits per heavy atom. The van der Waals surface area contributed by atoms with Gasteiger partial charge < -0.3 is 4.37 Å². The number of hydrogen-bond donors (Lipinski definition) is 0. The summed E-state index contributed by atoms with van der Waals surface area (Å²) >= 11 is 0. The predicted molar refractivity (Wildman–Crippen MR) is 49.4 cm³/mol. The first kappa shape index (κ1) is 7.37. The highest BCUT2D eigenvalue weighted by molar-refractivity contribution is 5.06. The van der Waals surface area contributed by atoms with E-state index in [1.165, 1.54) is 38.5 Å². The van der Waals surface area contributed by atoms with E-state index in [1.54, 1.807) is 0 Å². The van der Waals surface area contributed by atoms with Crippen LogP contribution in [0.25, 0.3) is 0 Å². The molecule has 3 aliphatic rings. The van der Waals surface area contributed by atoms with Crippen molar-refractivity contribution in [2.75, 3.05) is 0 Å². The second-order valence-electron chi connectivity index (χ2n) is 5.44. The molecule has 0 aliphatic carbocycles. The summed E-state index contributed by atoms with van der Waals surface area (Å²) in [4.78, 5) is 0. The fourth-order valence-corrected chi connectivity index (χ4v) is 3.93. The van der Waals surface area contributed by atoms with Crippen molar-refractivity contribution in [3.8, 4) is 0 Å². The first-order valence-electron chi connectivity index (χ1n) is 5.37. The summed E-state index contributed by atoms with van der Waals surface area (Å²) in [5.41, 5.74) is 1.05. The molecule has 0 aromatic rings. The molecule has 3 aliphatic heterocycles. The summed E-state index contributed by atoms with van der Waals surface area (Å²) in [5, 5.41) is 0. The van der Waals surface area contributed by atoms with Crippen LogP contribution in [0.2, 0.25) is 0 Å². The van der Waals surface area contributed by atoms with Crippen LogP contribution in [0.3, 0.4) is 0 Å². The molecule has 3 saturated heterocycles. The third-order valence-electron chi connectivity index (χ3n) is 4.57. The fourth-order valence-electron chi connectivity index (χ4n) is 3.93. The maximum atomic E-state index is 3.75. The molecule has 3 fully saturated rings. The van der Waals surface area contributed by atoms with E-state index in [0.29, 0.717) is 11.2 Å². The largest absolute Gasteiger partial charge is 0.411 e. The van der Waals surface area contributed by atoms with Crippen LogP contribution >= 0.6 is 0 Å². The maximum Gasteiger partial charge on any atom is 0.164 e. The second kappa shape index (κ2) is 1.89. The van der Waals surface area contributed by atoms with E-state index in [4.69, 9.17) is 0 Å². The van der Waals surface area contributed by atoms with Gasteiger partial charge in [-0.1, -0.05) is 0 Å². The first-order valence-corrected chi connectivity index (χ1v) is 5.37. The van der Waals surface area contributed by atoms with Gasteiger partial charge in [0.25, 0.3) is 0 Å². The molecule has 1 unspecified atom stereocenters. The predicted octanol–water partition coefficient (Wildman–Crippen LogP) is 2.81. The summed E-state index contributed by atoms with van der Waals surface area (Å²) in [6.07, 6.45) is 9.46. The van der Waals surface area contributed by atoms with Gasteiger partial charge in [-0.2, -0.15) is 0 Å². The van der Waals surface area contributed by atoms with Gasteiger partial charge in [-0.25, -0.2) is 0 Å². The van der Waals surface area contributed by atoms with E-state index < -0.39 is 0 Å². The summed E-state index contributed by atoms with van der Waals surface area (Å²) in [6, 6.07) is 0. The molecule has 0 spiro atoms. The lowest BCUT2D eigenvalue weighted by Gasteiger charge is -2.32. The number of hydrogen-bond acceptors (Lipinski definition) is 0. The Bertz CT molecular complexity index is 203. The van der Waals surface area contributed by atoms with Gasteiger partial charge >= 0.3 is 0 Å². The summed E-state index contributed by atoms with van der Waals surface area (Å²) in [6.45, 7) is 4.91. The van der Waals surface area contributed by atoms with Crippen LogP contribution in [-0.2, 0) is 4.37 Å². The zero-order valence-electron chi connectivity index (χ0n) is 8.23. The normalized spacial score (nSPS) is 58.0. The van der Waals surface area contributed by atoms with Crippen LogP contribution in [0.15, 0.2) is 0 Å². The van der Waals surface area contributed by atoms with Crippen LogP contribution in [0, 0.1) is 0 Å². The minimum absolute atomic E-state index is 0.524. The Morgan fingerprint density at radius 1 is 0.917 bits per heavy atom. The van der Waals surface area contributed by atoms with E-state index in [1.807, 2.05) is 0 Å². The smallest absolute Gasteiger partial charge is 0.164 e. The van der Waals surface area contributed by atoms with Crippen molar-refractivity contribution in [2.24, 2.45) is 0 Å². The molecule has 0 aromatic carbocycles. The number of rotatable bonds is 0. The van der Waals surface area contributed by atoms with Gasteiger partial charge in [0, 0.05) is 52.4 Å². The molecule has 0 amide bonds. The Kier molecular flexibility index (Phi) is 1.16. The van der Waals surface area contributed by atoms with Gasteiger partial charge in [0.1, 0.15) is 0 Å². The topological polar surface area (TPSA) is 2.70 Å². The van der Waals surface area contributed by atoms with Crippen molar-refractivity contribution in [1.29, 1.82) is 0 Å². The van der Waals surface area contributed by atoms with E-state index in [9.17, 15) is 0 Å². The van der Waals surface area contributed by atoms with Crippen LogP contribution in [0.5, 0.6) is 0 Å². The highest BCUT2D eigenvalue weighted by Crippen LogP contribution is 2.60. The van der Waals surface area contributed by atoms with Crippen LogP contribution in [0.1, 0.15) is 52.4 Å². The lowest BCUT2D eigenvalue weighted by molar-refractivity contribution is -0.268. The van der Waals surface area contributed by atoms with E-state index in [0.717, 1.165) is 6.10 Å². The Balaban J connectivity index is 2.05. The highest BCUT2D eigenvalue weighted by Gasteiger charge is 2.66. The Hall–Kier alpha value is -0.0400. The SMILES string of the molecule is C[C@]12CCC3CC[C@](C)(CC1)[O+]32. The molecule has 68 valence electrons. The van der Waals surface area contributed by atoms with Gasteiger partial charge in [0.2, 0.25) is 0 Å². The molecular formula is C11H19O+. The van der Waals surface area contributed by atoms with Gasteiger partial charge in [0.15, 0.2) is 17.3 Å². The molecule has 0 aromatic heterocycles. The zero-order chi connectivity index (χ0) is 8.40. The van der Waals surface area contributed by atoms with Gasteiger partial charge in [-0.05, 0) is 0 Å². The fraction of sp³-hybridized carbons (Fsp3) is 1.00. The van der Waals surface area contributed by atoms with E-state index in [2.05, 4.69) is 18.2 Å². The highest BCUT2D eigenvalue weighted by atomic mass is 16.7. The van der Waals surface area contributed by atoms with Crippen molar-refractivity contribution >= 4 is 0 Å². The third-order valence-corrected chi connectivity index (χ3v) is 4.57. The average molecular weight is 167 g/mol. The van der Waals surface area contributed by atoms with Crippen LogP contribution in [-0.4, -0.2) is 17.3 Å². The summed E-state index contributed by atoms with van der Waals surface area (Å²) < 4.78 is 3.75. The second-order valence-corrected chi connectivity index (χ2v) is 5.44. The Labute approximate surface area is 74.8 Å². The van der Waals surface area contributed by atoms with E-state index in [-0.39, 0.29) is 0 Å². The van der Waals surface area contributed by atoms with Gasteiger partial charge in [0.05, 0.1) is 0 Å². The molecule has 0 bridgehead atoms. The quantitative estimate of drug-likeness (QED) is 0.488. The van der Waals surface area contributed by atoms with Crippen molar-refractivity contribution < 1.29 is 4.37 Å². The lowest BCUT2D eigenvalue weighted by Crippen LogP contribution is -2.37. The molecule has 3 atom stereocenters. The maximum absolute atomic E-state index is 3.75. The summed E-state index contributed by atoms with van der Waals surface area (Å²) in [7, 11) is 0. The van der Waals surface area contributed by atoms with Crippen molar-refractivity contribution in [2.45, 2.75) is 69.7 Å². The standard InChI is InChI=1S/C11H19O/c1-10-5-3-9-4-6-11(2,8-7-10)12(9)10/h9H,3-8H2,1-2H3/q+1/t9?,10-,11+. The van der Waals surface area contributed by atoms with Gasteiger partial charge in [-0.15, -0.1) is 0 Å². The molecule has 3 rings (SSSR count). The van der Waals surface area contributed by atoms with Crippen molar-refractivity contribution in [3.05, 3.63) is 0 Å². The van der Waals surface area contributed by atoms with Crippen molar-refractivity contribution in [3.63, 3.8) is 0 Å². The van der Waals surface area contributed by atoms with Gasteiger partial charge in [-0.3, -0.25) is 0 Å². The molecule has 0 N–H and O–H groups in total. The van der Waals surface area contributed by atoms with E-state index >= 15 is 0 Å². The monoisotopic (exact) mass is 167 g/mol. The Morgan fingerprint density at radius 2 is 1.42 bits per heavy atom. The molecule has 1 heteroatoms. The van der Waals surface area contributed by atoms with Crippen LogP contribution < -0.4 is 0 Å². The van der Waals surface area contributed by atoms with Crippen molar-refractivity contribution in [1.82, 2.24) is 0 Å². The van der Waals surface area contributed by atoms with Crippen LogP contribution in [0.4, 0.5) is 0 Å². The molecule has 0 saturated carbocycles. The molecule has 12 heavy (non-hydrogen) atoms. The molecular weight excluding hydrogens is 148 g/mol. The zero-order valence-corrected chi connectivity index (χ0v) is 8.23. The molecule has 1 nitrogen and oxygen atoms in total. The third kappa shape index (κ3) is 0.654. The lowest BCUT2D eigenvalue weighted by atomic mass is 9.95. The minimum Gasteiger partial charge on any atom is -0.411 e. The summed E-state index contributed by atoms with van der Waals surface area (Å²) in [5.74, 6) is 0. The molecule has 3 heterocycles. The average Bonchev–Trinajstić information content (AvgIpc) is 2.58. The molecule has 0 radical (unpaired) electrons. The minimum atomic E-state index is 0.524. The first-order chi connectivity index (χ1) is 5.64.